The van der Waals surface area contributed by atoms with Gasteiger partial charge in [-0.1, -0.05) is 19.3 Å². The number of hydrogen-bond donors (Lipinski definition) is 2. The molecule has 0 aromatic rings. The quantitative estimate of drug-likeness (QED) is 0.497. The molecule has 7 heteroatoms. The van der Waals surface area contributed by atoms with E-state index >= 15 is 0 Å². The Hall–Kier alpha value is -1.92. The van der Waals surface area contributed by atoms with Crippen LogP contribution in [0.5, 0.6) is 0 Å². The van der Waals surface area contributed by atoms with Crippen molar-refractivity contribution in [2.24, 2.45) is 5.92 Å². The van der Waals surface area contributed by atoms with Crippen LogP contribution in [0.15, 0.2) is 0 Å². The molecule has 0 radical (unpaired) electrons. The van der Waals surface area contributed by atoms with E-state index in [9.17, 15) is 19.2 Å². The van der Waals surface area contributed by atoms with Crippen molar-refractivity contribution in [1.29, 1.82) is 0 Å². The zero-order valence-electron chi connectivity index (χ0n) is 12.5. The molecule has 2 atom stereocenters. The van der Waals surface area contributed by atoms with E-state index in [2.05, 4.69) is 10.6 Å². The van der Waals surface area contributed by atoms with Gasteiger partial charge in [0, 0.05) is 19.1 Å². The van der Waals surface area contributed by atoms with Crippen LogP contribution in [0.1, 0.15) is 38.5 Å². The second-order valence-electron chi connectivity index (χ2n) is 6.23. The molecule has 7 nitrogen and oxygen atoms in total. The molecule has 2 saturated heterocycles. The van der Waals surface area contributed by atoms with Crippen LogP contribution < -0.4 is 10.6 Å². The summed E-state index contributed by atoms with van der Waals surface area (Å²) in [4.78, 5) is 50.8. The first-order valence-corrected chi connectivity index (χ1v) is 8.03. The standard InChI is InChI=1S/C15H21N3O4/c19-12-10-11(14(21)17-8-4-7-16-13(10)20)18(15(12)22)9-5-2-1-3-6-9/h9-11H,1-8H2,(H,16,20)(H,17,21)/t10-,11+/m0/s1. The maximum absolute atomic E-state index is 12.5. The minimum Gasteiger partial charge on any atom is -0.355 e. The number of nitrogens with one attached hydrogen (secondary N) is 2. The molecule has 0 aromatic carbocycles. The molecule has 3 amide bonds. The lowest BCUT2D eigenvalue weighted by Crippen LogP contribution is -2.53. The normalized spacial score (nSPS) is 31.0. The SMILES string of the molecule is O=C1NCCCNC(=O)[C@H]2[C@H]1C(=O)C(=O)N2C1CCCCC1. The lowest BCUT2D eigenvalue weighted by molar-refractivity contribution is -0.144. The highest BCUT2D eigenvalue weighted by Crippen LogP contribution is 2.32. The monoisotopic (exact) mass is 307 g/mol. The molecular weight excluding hydrogens is 286 g/mol. The van der Waals surface area contributed by atoms with E-state index < -0.39 is 29.6 Å². The van der Waals surface area contributed by atoms with Crippen LogP contribution in [0.3, 0.4) is 0 Å². The minimum atomic E-state index is -1.20. The largest absolute Gasteiger partial charge is 0.355 e. The van der Waals surface area contributed by atoms with Gasteiger partial charge in [-0.2, -0.15) is 0 Å². The van der Waals surface area contributed by atoms with Crippen molar-refractivity contribution in [1.82, 2.24) is 15.5 Å². The summed E-state index contributed by atoms with van der Waals surface area (Å²) in [6.07, 6.45) is 5.26. The first-order valence-electron chi connectivity index (χ1n) is 8.03. The summed E-state index contributed by atoms with van der Waals surface area (Å²) in [5.41, 5.74) is 0. The van der Waals surface area contributed by atoms with E-state index in [1.807, 2.05) is 0 Å². The molecule has 22 heavy (non-hydrogen) atoms. The Morgan fingerprint density at radius 3 is 2.14 bits per heavy atom. The lowest BCUT2D eigenvalue weighted by Gasteiger charge is -2.35. The summed E-state index contributed by atoms with van der Waals surface area (Å²) in [5.74, 6) is -3.50. The van der Waals surface area contributed by atoms with Gasteiger partial charge in [0.15, 0.2) is 0 Å². The van der Waals surface area contributed by atoms with E-state index in [0.717, 1.165) is 32.1 Å². The number of fused-ring (bicyclic) bond motifs is 1. The Bertz CT molecular complexity index is 513. The summed E-state index contributed by atoms with van der Waals surface area (Å²) in [6.45, 7) is 0.830. The van der Waals surface area contributed by atoms with Crippen LogP contribution in [-0.2, 0) is 19.2 Å². The fourth-order valence-electron chi connectivity index (χ4n) is 3.71. The molecule has 1 aliphatic carbocycles. The van der Waals surface area contributed by atoms with Crippen molar-refractivity contribution in [3.63, 3.8) is 0 Å². The van der Waals surface area contributed by atoms with Crippen LogP contribution in [0.25, 0.3) is 0 Å². The summed E-state index contributed by atoms with van der Waals surface area (Å²) in [7, 11) is 0. The van der Waals surface area contributed by atoms with Crippen LogP contribution in [0.4, 0.5) is 0 Å². The fourth-order valence-corrected chi connectivity index (χ4v) is 3.71. The van der Waals surface area contributed by atoms with Gasteiger partial charge in [-0.3, -0.25) is 19.2 Å². The molecule has 2 N–H and O–H groups in total. The Kier molecular flexibility index (Phi) is 4.13. The third-order valence-corrected chi connectivity index (χ3v) is 4.81. The van der Waals surface area contributed by atoms with Gasteiger partial charge in [0.25, 0.3) is 5.91 Å². The highest BCUT2D eigenvalue weighted by Gasteiger charge is 2.56. The predicted octanol–water partition coefficient (Wildman–Crippen LogP) is -0.649. The van der Waals surface area contributed by atoms with Crippen molar-refractivity contribution in [2.45, 2.75) is 50.6 Å². The molecule has 1 saturated carbocycles. The highest BCUT2D eigenvalue weighted by atomic mass is 16.2. The summed E-state index contributed by atoms with van der Waals surface area (Å²) >= 11 is 0. The zero-order chi connectivity index (χ0) is 15.7. The Morgan fingerprint density at radius 1 is 0.818 bits per heavy atom. The zero-order valence-corrected chi connectivity index (χ0v) is 12.5. The fraction of sp³-hybridized carbons (Fsp3) is 0.733. The van der Waals surface area contributed by atoms with E-state index in [1.54, 1.807) is 0 Å². The Balaban J connectivity index is 1.94. The van der Waals surface area contributed by atoms with Crippen LogP contribution >= 0.6 is 0 Å². The number of amides is 3. The van der Waals surface area contributed by atoms with Crippen molar-refractivity contribution < 1.29 is 19.2 Å². The average Bonchev–Trinajstić information content (AvgIpc) is 2.82. The number of carbonyl (C=O) groups is 4. The number of nitrogens with zero attached hydrogens (tertiary/aromatic N) is 1. The molecule has 2 aliphatic heterocycles. The van der Waals surface area contributed by atoms with E-state index in [4.69, 9.17) is 0 Å². The van der Waals surface area contributed by atoms with Gasteiger partial charge in [-0.05, 0) is 19.3 Å². The first-order chi connectivity index (χ1) is 10.6. The molecule has 0 aromatic heterocycles. The minimum absolute atomic E-state index is 0.112. The molecule has 3 rings (SSSR count). The van der Waals surface area contributed by atoms with Crippen molar-refractivity contribution in [3.05, 3.63) is 0 Å². The molecule has 0 spiro atoms. The second-order valence-corrected chi connectivity index (χ2v) is 6.23. The number of carbonyl (C=O) groups excluding carboxylic acids is 4. The van der Waals surface area contributed by atoms with E-state index in [1.165, 1.54) is 4.90 Å². The van der Waals surface area contributed by atoms with Gasteiger partial charge in [0.1, 0.15) is 12.0 Å². The van der Waals surface area contributed by atoms with E-state index in [0.29, 0.717) is 19.5 Å². The molecule has 3 fully saturated rings. The third kappa shape index (κ3) is 2.48. The van der Waals surface area contributed by atoms with Gasteiger partial charge in [0.05, 0.1) is 0 Å². The smallest absolute Gasteiger partial charge is 0.291 e. The van der Waals surface area contributed by atoms with Gasteiger partial charge in [-0.15, -0.1) is 0 Å². The average molecular weight is 307 g/mol. The van der Waals surface area contributed by atoms with Gasteiger partial charge >= 0.3 is 0 Å². The summed E-state index contributed by atoms with van der Waals surface area (Å²) in [5, 5.41) is 5.41. The van der Waals surface area contributed by atoms with Crippen molar-refractivity contribution in [2.75, 3.05) is 13.1 Å². The molecule has 120 valence electrons. The molecule has 2 heterocycles. The predicted molar refractivity (Wildman–Crippen MR) is 76.6 cm³/mol. The Morgan fingerprint density at radius 2 is 1.45 bits per heavy atom. The van der Waals surface area contributed by atoms with Gasteiger partial charge in [0.2, 0.25) is 17.6 Å². The van der Waals surface area contributed by atoms with Crippen molar-refractivity contribution in [3.8, 4) is 0 Å². The topological polar surface area (TPSA) is 95.6 Å². The van der Waals surface area contributed by atoms with Crippen LogP contribution in [0.2, 0.25) is 0 Å². The van der Waals surface area contributed by atoms with Crippen LogP contribution in [-0.4, -0.2) is 53.6 Å². The number of ketones is 1. The summed E-state index contributed by atoms with van der Waals surface area (Å²) in [6, 6.07) is -1.10. The first kappa shape index (κ1) is 15.0. The number of Topliss-reactive ketones (excluding diaryl/α,β-unsaturated/α-hetero) is 1. The maximum atomic E-state index is 12.5. The lowest BCUT2D eigenvalue weighted by atomic mass is 9.92. The molecule has 3 aliphatic rings. The number of likely N-dealkylation sites (tertiary alicyclic amines) is 1. The number of rotatable bonds is 1. The van der Waals surface area contributed by atoms with Gasteiger partial charge < -0.3 is 15.5 Å². The maximum Gasteiger partial charge on any atom is 0.291 e. The molecule has 0 unspecified atom stereocenters. The van der Waals surface area contributed by atoms with Gasteiger partial charge in [-0.25, -0.2) is 0 Å². The van der Waals surface area contributed by atoms with Crippen LogP contribution in [0, 0.1) is 5.92 Å². The highest BCUT2D eigenvalue weighted by molar-refractivity contribution is 6.44. The third-order valence-electron chi connectivity index (χ3n) is 4.81. The number of hydrogen-bond acceptors (Lipinski definition) is 4. The Labute approximate surface area is 128 Å². The second kappa shape index (κ2) is 6.06. The van der Waals surface area contributed by atoms with Crippen molar-refractivity contribution >= 4 is 23.5 Å². The van der Waals surface area contributed by atoms with E-state index in [-0.39, 0.29) is 11.9 Å². The molecular formula is C15H21N3O4. The summed E-state index contributed by atoms with van der Waals surface area (Å²) < 4.78 is 0. The molecule has 0 bridgehead atoms.